The molecule has 19 heavy (non-hydrogen) atoms. The highest BCUT2D eigenvalue weighted by Crippen LogP contribution is 2.16. The second-order valence-electron chi connectivity index (χ2n) is 4.30. The molecule has 2 aromatic heterocycles. The zero-order valence-electron chi connectivity index (χ0n) is 11.3. The maximum atomic E-state index is 12.3. The molecular weight excluding hydrogens is 262 g/mol. The van der Waals surface area contributed by atoms with Gasteiger partial charge in [0.25, 0.3) is 5.91 Å². The first-order valence-corrected chi connectivity index (χ1v) is 6.82. The number of nitrogens with zero attached hydrogens (tertiary/aromatic N) is 4. The lowest BCUT2D eigenvalue weighted by Crippen LogP contribution is -2.27. The van der Waals surface area contributed by atoms with Crippen molar-refractivity contribution in [3.05, 3.63) is 28.0 Å². The number of carbonyl (C=O) groups excluding carboxylic acids is 1. The number of rotatable bonds is 4. The van der Waals surface area contributed by atoms with Gasteiger partial charge in [-0.25, -0.2) is 4.98 Å². The first-order valence-electron chi connectivity index (χ1n) is 6.01. The van der Waals surface area contributed by atoms with Crippen LogP contribution < -0.4 is 5.73 Å². The summed E-state index contributed by atoms with van der Waals surface area (Å²) in [7, 11) is 1.74. The van der Waals surface area contributed by atoms with Gasteiger partial charge in [0.2, 0.25) is 0 Å². The molecule has 0 radical (unpaired) electrons. The average Bonchev–Trinajstić information content (AvgIpc) is 2.94. The summed E-state index contributed by atoms with van der Waals surface area (Å²) in [6.45, 7) is 5.10. The Labute approximate surface area is 115 Å². The molecule has 0 fully saturated rings. The molecule has 0 aromatic carbocycles. The van der Waals surface area contributed by atoms with Crippen molar-refractivity contribution >= 4 is 22.9 Å². The average molecular weight is 279 g/mol. The fourth-order valence-corrected chi connectivity index (χ4v) is 2.58. The number of anilines is 1. The highest BCUT2D eigenvalue weighted by atomic mass is 32.1. The summed E-state index contributed by atoms with van der Waals surface area (Å²) in [5.74, 6) is -0.171. The van der Waals surface area contributed by atoms with Crippen LogP contribution in [0, 0.1) is 6.92 Å². The molecule has 0 aliphatic rings. The summed E-state index contributed by atoms with van der Waals surface area (Å²) in [5, 5.41) is 5.18. The number of hydrogen-bond donors (Lipinski definition) is 1. The van der Waals surface area contributed by atoms with Crippen LogP contribution in [0.3, 0.4) is 0 Å². The summed E-state index contributed by atoms with van der Waals surface area (Å²) in [4.78, 5) is 19.1. The number of aromatic nitrogens is 3. The van der Waals surface area contributed by atoms with Gasteiger partial charge < -0.3 is 10.6 Å². The van der Waals surface area contributed by atoms with Crippen molar-refractivity contribution < 1.29 is 4.79 Å². The second kappa shape index (κ2) is 5.40. The van der Waals surface area contributed by atoms with E-state index in [2.05, 4.69) is 10.1 Å². The number of carbonyl (C=O) groups is 1. The molecule has 0 aliphatic carbocycles. The molecule has 1 amide bonds. The lowest BCUT2D eigenvalue weighted by molar-refractivity contribution is 0.0780. The van der Waals surface area contributed by atoms with Gasteiger partial charge in [-0.2, -0.15) is 5.10 Å². The van der Waals surface area contributed by atoms with Crippen molar-refractivity contribution in [3.63, 3.8) is 0 Å². The van der Waals surface area contributed by atoms with Gasteiger partial charge in [0.05, 0.1) is 17.2 Å². The minimum Gasteiger partial charge on any atom is -0.396 e. The molecular formula is C12H17N5OS. The Kier molecular flexibility index (Phi) is 3.84. The molecule has 7 heteroatoms. The molecule has 0 saturated heterocycles. The fraction of sp³-hybridized carbons (Fsp3) is 0.417. The zero-order chi connectivity index (χ0) is 14.0. The number of thiazole rings is 1. The van der Waals surface area contributed by atoms with E-state index in [0.29, 0.717) is 24.5 Å². The Morgan fingerprint density at radius 1 is 1.58 bits per heavy atom. The first-order chi connectivity index (χ1) is 9.01. The van der Waals surface area contributed by atoms with Crippen molar-refractivity contribution in [2.75, 3.05) is 12.8 Å². The summed E-state index contributed by atoms with van der Waals surface area (Å²) in [6.07, 6.45) is 3.47. The Hall–Kier alpha value is -1.89. The number of nitrogen functional groups attached to an aromatic ring is 1. The molecule has 0 bridgehead atoms. The minimum absolute atomic E-state index is 0.171. The summed E-state index contributed by atoms with van der Waals surface area (Å²) in [5.41, 5.74) is 6.54. The van der Waals surface area contributed by atoms with Crippen molar-refractivity contribution in [2.45, 2.75) is 26.9 Å². The van der Waals surface area contributed by atoms with Crippen LogP contribution in [0.5, 0.6) is 0 Å². The smallest absolute Gasteiger partial charge is 0.276 e. The van der Waals surface area contributed by atoms with E-state index in [1.54, 1.807) is 40.4 Å². The summed E-state index contributed by atoms with van der Waals surface area (Å²) < 4.78 is 1.66. The molecule has 0 unspecified atom stereocenters. The van der Waals surface area contributed by atoms with E-state index in [0.717, 1.165) is 9.88 Å². The molecule has 2 rings (SSSR count). The normalized spacial score (nSPS) is 10.7. The van der Waals surface area contributed by atoms with E-state index in [1.165, 1.54) is 0 Å². The van der Waals surface area contributed by atoms with E-state index in [-0.39, 0.29) is 5.91 Å². The summed E-state index contributed by atoms with van der Waals surface area (Å²) >= 11 is 1.58. The van der Waals surface area contributed by atoms with E-state index >= 15 is 0 Å². The zero-order valence-corrected chi connectivity index (χ0v) is 12.1. The first kappa shape index (κ1) is 13.5. The maximum absolute atomic E-state index is 12.3. The highest BCUT2D eigenvalue weighted by molar-refractivity contribution is 7.11. The third-order valence-corrected chi connectivity index (χ3v) is 3.62. The Bertz CT molecular complexity index is 589. The second-order valence-corrected chi connectivity index (χ2v) is 5.61. The van der Waals surface area contributed by atoms with Crippen molar-refractivity contribution in [1.29, 1.82) is 0 Å². The summed E-state index contributed by atoms with van der Waals surface area (Å²) in [6, 6.07) is 0. The van der Waals surface area contributed by atoms with Crippen LogP contribution in [0.1, 0.15) is 27.3 Å². The molecule has 102 valence electrons. The van der Waals surface area contributed by atoms with Crippen LogP contribution in [-0.2, 0) is 13.1 Å². The Morgan fingerprint density at radius 3 is 2.84 bits per heavy atom. The molecule has 0 atom stereocenters. The van der Waals surface area contributed by atoms with Crippen molar-refractivity contribution in [1.82, 2.24) is 19.7 Å². The molecule has 2 heterocycles. The molecule has 2 N–H and O–H groups in total. The SMILES string of the molecule is CCn1cc(N)c(C(=O)N(C)Cc2cnc(C)s2)n1. The lowest BCUT2D eigenvalue weighted by Gasteiger charge is -2.14. The van der Waals surface area contributed by atoms with E-state index in [9.17, 15) is 4.79 Å². The third-order valence-electron chi connectivity index (χ3n) is 2.73. The van der Waals surface area contributed by atoms with Gasteiger partial charge in [-0.15, -0.1) is 11.3 Å². The van der Waals surface area contributed by atoms with Crippen LogP contribution in [0.25, 0.3) is 0 Å². The third kappa shape index (κ3) is 2.93. The maximum Gasteiger partial charge on any atom is 0.276 e. The van der Waals surface area contributed by atoms with Gasteiger partial charge in [0.1, 0.15) is 0 Å². The van der Waals surface area contributed by atoms with Crippen LogP contribution >= 0.6 is 11.3 Å². The van der Waals surface area contributed by atoms with Crippen LogP contribution in [0.15, 0.2) is 12.4 Å². The molecule has 6 nitrogen and oxygen atoms in total. The monoisotopic (exact) mass is 279 g/mol. The molecule has 0 saturated carbocycles. The number of nitrogens with two attached hydrogens (primary N) is 1. The van der Waals surface area contributed by atoms with E-state index in [1.807, 2.05) is 13.8 Å². The van der Waals surface area contributed by atoms with E-state index in [4.69, 9.17) is 5.73 Å². The number of aryl methyl sites for hydroxylation is 2. The predicted molar refractivity (Wildman–Crippen MR) is 75.0 cm³/mol. The topological polar surface area (TPSA) is 77.0 Å². The Balaban J connectivity index is 2.12. The van der Waals surface area contributed by atoms with Crippen molar-refractivity contribution in [3.8, 4) is 0 Å². The van der Waals surface area contributed by atoms with E-state index < -0.39 is 0 Å². The highest BCUT2D eigenvalue weighted by Gasteiger charge is 2.19. The number of amides is 1. The lowest BCUT2D eigenvalue weighted by atomic mass is 10.3. The molecule has 2 aromatic rings. The predicted octanol–water partition coefficient (Wildman–Crippen LogP) is 1.52. The quantitative estimate of drug-likeness (QED) is 0.920. The molecule has 0 aliphatic heterocycles. The largest absolute Gasteiger partial charge is 0.396 e. The van der Waals surface area contributed by atoms with Gasteiger partial charge in [-0.3, -0.25) is 9.48 Å². The van der Waals surface area contributed by atoms with Crippen LogP contribution in [0.2, 0.25) is 0 Å². The molecule has 0 spiro atoms. The van der Waals surface area contributed by atoms with Crippen LogP contribution in [0.4, 0.5) is 5.69 Å². The fourth-order valence-electron chi connectivity index (χ4n) is 1.73. The van der Waals surface area contributed by atoms with Gasteiger partial charge in [0, 0.05) is 30.9 Å². The minimum atomic E-state index is -0.171. The van der Waals surface area contributed by atoms with Gasteiger partial charge in [-0.1, -0.05) is 0 Å². The Morgan fingerprint density at radius 2 is 2.32 bits per heavy atom. The van der Waals surface area contributed by atoms with Crippen molar-refractivity contribution in [2.24, 2.45) is 0 Å². The van der Waals surface area contributed by atoms with Gasteiger partial charge in [0.15, 0.2) is 5.69 Å². The number of hydrogen-bond acceptors (Lipinski definition) is 5. The standard InChI is InChI=1S/C12H17N5OS/c1-4-17-7-10(13)11(15-17)12(18)16(3)6-9-5-14-8(2)19-9/h5,7H,4,6,13H2,1-3H3. The van der Waals surface area contributed by atoms with Crippen LogP contribution in [-0.4, -0.2) is 32.6 Å². The van der Waals surface area contributed by atoms with Gasteiger partial charge >= 0.3 is 0 Å². The van der Waals surface area contributed by atoms with Gasteiger partial charge in [-0.05, 0) is 13.8 Å².